The third-order valence-corrected chi connectivity index (χ3v) is 6.64. The van der Waals surface area contributed by atoms with Gasteiger partial charge in [-0.25, -0.2) is 9.79 Å². The third-order valence-electron chi connectivity index (χ3n) is 5.20. The van der Waals surface area contributed by atoms with Gasteiger partial charge >= 0.3 is 5.97 Å². The maximum Gasteiger partial charge on any atom is 0.335 e. The molecule has 178 valence electrons. The smallest absolute Gasteiger partial charge is 0.335 e. The Kier molecular flexibility index (Phi) is 6.69. The second kappa shape index (κ2) is 10.1. The van der Waals surface area contributed by atoms with E-state index in [9.17, 15) is 14.7 Å². The highest BCUT2D eigenvalue weighted by Gasteiger charge is 2.35. The summed E-state index contributed by atoms with van der Waals surface area (Å²) in [5.74, 6) is -0.378. The van der Waals surface area contributed by atoms with Crippen LogP contribution < -0.4 is 4.90 Å². The van der Waals surface area contributed by atoms with Crippen LogP contribution in [0.5, 0.6) is 0 Å². The number of hydrogen-bond acceptors (Lipinski definition) is 5. The number of nitrogens with zero attached hydrogens (tertiary/aromatic N) is 2. The van der Waals surface area contributed by atoms with E-state index in [-0.39, 0.29) is 11.5 Å². The largest absolute Gasteiger partial charge is 0.478 e. The zero-order chi connectivity index (χ0) is 25.2. The molecule has 1 N–H and O–H groups in total. The van der Waals surface area contributed by atoms with Crippen molar-refractivity contribution in [3.8, 4) is 11.3 Å². The Labute approximate surface area is 220 Å². The van der Waals surface area contributed by atoms with Crippen LogP contribution in [0.2, 0.25) is 10.0 Å². The second-order valence-electron chi connectivity index (χ2n) is 7.69. The molecule has 6 nitrogen and oxygen atoms in total. The lowest BCUT2D eigenvalue weighted by molar-refractivity contribution is -0.113. The maximum atomic E-state index is 13.5. The lowest BCUT2D eigenvalue weighted by atomic mass is 10.1. The van der Waals surface area contributed by atoms with Gasteiger partial charge in [-0.1, -0.05) is 47.5 Å². The summed E-state index contributed by atoms with van der Waals surface area (Å²) >= 11 is 13.5. The topological polar surface area (TPSA) is 83.1 Å². The van der Waals surface area contributed by atoms with Crippen molar-refractivity contribution in [2.24, 2.45) is 4.99 Å². The fourth-order valence-electron chi connectivity index (χ4n) is 3.57. The van der Waals surface area contributed by atoms with Gasteiger partial charge in [0.15, 0.2) is 5.17 Å². The number of carboxylic acids is 1. The number of thioether (sulfide) groups is 1. The van der Waals surface area contributed by atoms with Crippen molar-refractivity contribution in [2.45, 2.75) is 0 Å². The molecule has 2 heterocycles. The fourth-order valence-corrected chi connectivity index (χ4v) is 4.92. The molecule has 4 aromatic rings. The first-order valence-electron chi connectivity index (χ1n) is 10.6. The van der Waals surface area contributed by atoms with Crippen molar-refractivity contribution in [2.75, 3.05) is 4.90 Å². The van der Waals surface area contributed by atoms with Crippen molar-refractivity contribution in [3.05, 3.63) is 111 Å². The summed E-state index contributed by atoms with van der Waals surface area (Å²) in [4.78, 5) is 31.3. The Morgan fingerprint density at radius 2 is 1.69 bits per heavy atom. The summed E-state index contributed by atoms with van der Waals surface area (Å²) < 4.78 is 5.91. The minimum absolute atomic E-state index is 0.157. The SMILES string of the molecule is O=C(O)c1cccc(-c2ccc(/C=C3\SC(=Nc4cccc(Cl)c4)N(c4cccc(Cl)c4)C3=O)o2)c1. The van der Waals surface area contributed by atoms with E-state index in [4.69, 9.17) is 27.6 Å². The molecule has 3 aromatic carbocycles. The summed E-state index contributed by atoms with van der Waals surface area (Å²) in [6, 6.07) is 23.9. The molecule has 0 radical (unpaired) electrons. The van der Waals surface area contributed by atoms with Gasteiger partial charge in [-0.3, -0.25) is 9.69 Å². The van der Waals surface area contributed by atoms with E-state index < -0.39 is 5.97 Å². The molecule has 1 aromatic heterocycles. The Hall–Kier alpha value is -3.78. The van der Waals surface area contributed by atoms with Gasteiger partial charge in [-0.2, -0.15) is 0 Å². The first-order chi connectivity index (χ1) is 17.4. The normalized spacial score (nSPS) is 15.7. The average Bonchev–Trinajstić information content (AvgIpc) is 3.44. The molecule has 1 fully saturated rings. The number of aliphatic imine (C=N–C) groups is 1. The Bertz CT molecular complexity index is 1560. The number of halogens is 2. The molecular formula is C27H16Cl2N2O4S. The van der Waals surface area contributed by atoms with Crippen LogP contribution in [0.15, 0.2) is 99.2 Å². The Morgan fingerprint density at radius 1 is 0.944 bits per heavy atom. The fraction of sp³-hybridized carbons (Fsp3) is 0. The highest BCUT2D eigenvalue weighted by molar-refractivity contribution is 8.19. The quantitative estimate of drug-likeness (QED) is 0.264. The third kappa shape index (κ3) is 5.09. The summed E-state index contributed by atoms with van der Waals surface area (Å²) in [5.41, 5.74) is 1.96. The lowest BCUT2D eigenvalue weighted by Gasteiger charge is -2.16. The van der Waals surface area contributed by atoms with Crippen LogP contribution in [0.1, 0.15) is 16.1 Å². The molecule has 0 unspecified atom stereocenters. The monoisotopic (exact) mass is 534 g/mol. The predicted molar refractivity (Wildman–Crippen MR) is 144 cm³/mol. The molecular weight excluding hydrogens is 519 g/mol. The summed E-state index contributed by atoms with van der Waals surface area (Å²) in [6.45, 7) is 0. The van der Waals surface area contributed by atoms with Crippen LogP contribution in [0, 0.1) is 0 Å². The molecule has 1 amide bonds. The van der Waals surface area contributed by atoms with Crippen LogP contribution in [0.3, 0.4) is 0 Å². The Balaban J connectivity index is 1.51. The van der Waals surface area contributed by atoms with Gasteiger partial charge in [0.25, 0.3) is 5.91 Å². The number of rotatable bonds is 5. The summed E-state index contributed by atoms with van der Waals surface area (Å²) in [6.07, 6.45) is 1.63. The number of anilines is 1. The number of benzene rings is 3. The minimum Gasteiger partial charge on any atom is -0.478 e. The number of amides is 1. The number of carboxylic acid groups (broad SMARTS) is 1. The van der Waals surface area contributed by atoms with Gasteiger partial charge in [0.2, 0.25) is 0 Å². The molecule has 5 rings (SSSR count). The standard InChI is InChI=1S/C27H16Cl2N2O4S/c28-18-6-2-8-20(13-18)30-27-31(21-9-3-7-19(29)14-21)25(32)24(36-27)15-22-10-11-23(35-22)16-4-1-5-17(12-16)26(33)34/h1-15H,(H,33,34)/b24-15-,30-27?. The van der Waals surface area contributed by atoms with E-state index in [1.54, 1.807) is 78.9 Å². The van der Waals surface area contributed by atoms with Crippen molar-refractivity contribution in [3.63, 3.8) is 0 Å². The molecule has 0 aliphatic carbocycles. The molecule has 0 saturated carbocycles. The molecule has 9 heteroatoms. The highest BCUT2D eigenvalue weighted by atomic mass is 35.5. The van der Waals surface area contributed by atoms with E-state index in [0.717, 1.165) is 0 Å². The van der Waals surface area contributed by atoms with Crippen LogP contribution in [-0.2, 0) is 4.79 Å². The highest BCUT2D eigenvalue weighted by Crippen LogP contribution is 2.38. The van der Waals surface area contributed by atoms with Gasteiger partial charge in [0.05, 0.1) is 21.8 Å². The number of aromatic carboxylic acids is 1. The second-order valence-corrected chi connectivity index (χ2v) is 9.58. The van der Waals surface area contributed by atoms with E-state index in [1.165, 1.54) is 28.8 Å². The van der Waals surface area contributed by atoms with Crippen LogP contribution in [0.25, 0.3) is 17.4 Å². The average molecular weight is 535 g/mol. The maximum absolute atomic E-state index is 13.5. The molecule has 1 aliphatic rings. The van der Waals surface area contributed by atoms with Crippen LogP contribution in [-0.4, -0.2) is 22.2 Å². The molecule has 1 saturated heterocycles. The van der Waals surface area contributed by atoms with E-state index in [0.29, 0.717) is 48.6 Å². The number of amidine groups is 1. The number of hydrogen-bond donors (Lipinski definition) is 1. The summed E-state index contributed by atoms with van der Waals surface area (Å²) in [7, 11) is 0. The Morgan fingerprint density at radius 3 is 2.44 bits per heavy atom. The minimum atomic E-state index is -1.02. The van der Waals surface area contributed by atoms with Gasteiger partial charge in [0, 0.05) is 21.7 Å². The van der Waals surface area contributed by atoms with Gasteiger partial charge < -0.3 is 9.52 Å². The molecule has 36 heavy (non-hydrogen) atoms. The van der Waals surface area contributed by atoms with E-state index in [1.807, 2.05) is 0 Å². The van der Waals surface area contributed by atoms with Gasteiger partial charge in [-0.15, -0.1) is 0 Å². The first-order valence-corrected chi connectivity index (χ1v) is 12.2. The van der Waals surface area contributed by atoms with Crippen molar-refractivity contribution >= 4 is 69.5 Å². The van der Waals surface area contributed by atoms with E-state index >= 15 is 0 Å². The van der Waals surface area contributed by atoms with E-state index in [2.05, 4.69) is 4.99 Å². The van der Waals surface area contributed by atoms with Crippen LogP contribution >= 0.6 is 35.0 Å². The summed E-state index contributed by atoms with van der Waals surface area (Å²) in [5, 5.41) is 10.7. The molecule has 0 spiro atoms. The number of furan rings is 1. The molecule has 0 bridgehead atoms. The number of carbonyl (C=O) groups excluding carboxylic acids is 1. The van der Waals surface area contributed by atoms with Crippen molar-refractivity contribution < 1.29 is 19.1 Å². The number of carbonyl (C=O) groups is 2. The van der Waals surface area contributed by atoms with Gasteiger partial charge in [0.1, 0.15) is 11.5 Å². The zero-order valence-corrected chi connectivity index (χ0v) is 20.7. The van der Waals surface area contributed by atoms with Crippen LogP contribution in [0.4, 0.5) is 11.4 Å². The predicted octanol–water partition coefficient (Wildman–Crippen LogP) is 7.76. The van der Waals surface area contributed by atoms with Crippen molar-refractivity contribution in [1.82, 2.24) is 0 Å². The van der Waals surface area contributed by atoms with Crippen molar-refractivity contribution in [1.29, 1.82) is 0 Å². The molecule has 0 atom stereocenters. The molecule has 1 aliphatic heterocycles. The van der Waals surface area contributed by atoms with Gasteiger partial charge in [-0.05, 0) is 72.4 Å². The first kappa shape index (κ1) is 23.9. The zero-order valence-electron chi connectivity index (χ0n) is 18.4. The lowest BCUT2D eigenvalue weighted by Crippen LogP contribution is -2.28.